The molecule has 2 aliphatic heterocycles. The normalized spacial score (nSPS) is 24.2. The molecule has 1 aromatic rings. The number of carbonyl (C=O) groups is 1. The number of piperazine rings is 1. The Hall–Kier alpha value is -1.15. The summed E-state index contributed by atoms with van der Waals surface area (Å²) in [5.74, 6) is 0.184. The Balaban J connectivity index is 1.67. The van der Waals surface area contributed by atoms with Crippen LogP contribution in [-0.2, 0) is 14.8 Å². The van der Waals surface area contributed by atoms with Crippen LogP contribution in [0.25, 0.3) is 0 Å². The number of benzene rings is 1. The minimum atomic E-state index is -3.15. The Morgan fingerprint density at radius 3 is 2.88 bits per heavy atom. The molecule has 24 heavy (non-hydrogen) atoms. The van der Waals surface area contributed by atoms with Crippen molar-refractivity contribution < 1.29 is 13.2 Å². The Kier molecular flexibility index (Phi) is 5.44. The lowest BCUT2D eigenvalue weighted by molar-refractivity contribution is -0.134. The zero-order valence-electron chi connectivity index (χ0n) is 13.4. The largest absolute Gasteiger partial charge is 0.333 e. The summed E-state index contributed by atoms with van der Waals surface area (Å²) in [7, 11) is -3.15. The predicted molar refractivity (Wildman–Crippen MR) is 93.4 cm³/mol. The third-order valence-electron chi connectivity index (χ3n) is 4.58. The maximum absolute atomic E-state index is 12.7. The lowest BCUT2D eigenvalue weighted by Crippen LogP contribution is -2.49. The van der Waals surface area contributed by atoms with Crippen LogP contribution in [0.3, 0.4) is 0 Å². The third-order valence-corrected chi connectivity index (χ3v) is 6.77. The van der Waals surface area contributed by atoms with Crippen LogP contribution in [0, 0.1) is 0 Å². The molecule has 0 bridgehead atoms. The van der Waals surface area contributed by atoms with E-state index in [0.717, 1.165) is 12.1 Å². The molecule has 1 unspecified atom stereocenters. The molecule has 2 aliphatic rings. The van der Waals surface area contributed by atoms with Crippen molar-refractivity contribution in [1.82, 2.24) is 14.5 Å². The summed E-state index contributed by atoms with van der Waals surface area (Å²) in [6.45, 7) is 2.82. The Labute approximate surface area is 147 Å². The standard InChI is InChI=1S/C16H22ClN3O3S/c17-14-4-1-3-13(11-14)15-12-18-6-9-20(15)16(21)5-8-19-7-2-10-24(19,22)23/h1,3-4,11,15,18H,2,5-10,12H2. The maximum atomic E-state index is 12.7. The summed E-state index contributed by atoms with van der Waals surface area (Å²) in [6.07, 6.45) is 0.867. The van der Waals surface area contributed by atoms with Gasteiger partial charge < -0.3 is 10.2 Å². The molecule has 0 aliphatic carbocycles. The van der Waals surface area contributed by atoms with E-state index >= 15 is 0 Å². The van der Waals surface area contributed by atoms with Crippen LogP contribution in [0.2, 0.25) is 5.02 Å². The van der Waals surface area contributed by atoms with Gasteiger partial charge in [-0.2, -0.15) is 0 Å². The molecular formula is C16H22ClN3O3S. The van der Waals surface area contributed by atoms with Gasteiger partial charge in [-0.1, -0.05) is 23.7 Å². The molecule has 0 radical (unpaired) electrons. The molecule has 6 nitrogen and oxygen atoms in total. The van der Waals surface area contributed by atoms with Crippen LogP contribution in [0.15, 0.2) is 24.3 Å². The van der Waals surface area contributed by atoms with E-state index in [4.69, 9.17) is 11.6 Å². The topological polar surface area (TPSA) is 69.7 Å². The molecule has 3 rings (SSSR count). The van der Waals surface area contributed by atoms with Gasteiger partial charge in [-0.15, -0.1) is 0 Å². The minimum absolute atomic E-state index is 0.0106. The first kappa shape index (κ1) is 17.7. The number of nitrogens with one attached hydrogen (secondary N) is 1. The summed E-state index contributed by atoms with van der Waals surface area (Å²) < 4.78 is 25.1. The number of rotatable bonds is 4. The van der Waals surface area contributed by atoms with Gasteiger partial charge >= 0.3 is 0 Å². The summed E-state index contributed by atoms with van der Waals surface area (Å²) >= 11 is 6.07. The van der Waals surface area contributed by atoms with Crippen LogP contribution in [0.4, 0.5) is 0 Å². The van der Waals surface area contributed by atoms with Crippen LogP contribution in [-0.4, -0.2) is 62.0 Å². The molecule has 2 heterocycles. The lowest BCUT2D eigenvalue weighted by atomic mass is 10.0. The molecule has 2 saturated heterocycles. The summed E-state index contributed by atoms with van der Waals surface area (Å²) in [4.78, 5) is 14.5. The molecule has 2 fully saturated rings. The van der Waals surface area contributed by atoms with Crippen LogP contribution in [0.1, 0.15) is 24.4 Å². The molecule has 1 amide bonds. The maximum Gasteiger partial charge on any atom is 0.224 e. The smallest absolute Gasteiger partial charge is 0.224 e. The Bertz CT molecular complexity index is 710. The number of halogens is 1. The predicted octanol–water partition coefficient (Wildman–Crippen LogP) is 1.24. The van der Waals surface area contributed by atoms with Crippen molar-refractivity contribution in [1.29, 1.82) is 0 Å². The Morgan fingerprint density at radius 2 is 2.17 bits per heavy atom. The molecular weight excluding hydrogens is 350 g/mol. The van der Waals surface area contributed by atoms with Crippen molar-refractivity contribution >= 4 is 27.5 Å². The monoisotopic (exact) mass is 371 g/mol. The number of nitrogens with zero attached hydrogens (tertiary/aromatic N) is 2. The zero-order valence-corrected chi connectivity index (χ0v) is 15.0. The van der Waals surface area contributed by atoms with Gasteiger partial charge in [0.15, 0.2) is 0 Å². The fourth-order valence-corrected chi connectivity index (χ4v) is 5.05. The van der Waals surface area contributed by atoms with E-state index in [1.54, 1.807) is 0 Å². The second kappa shape index (κ2) is 7.39. The van der Waals surface area contributed by atoms with Crippen molar-refractivity contribution in [3.05, 3.63) is 34.9 Å². The molecule has 8 heteroatoms. The van der Waals surface area contributed by atoms with E-state index in [9.17, 15) is 13.2 Å². The molecule has 1 N–H and O–H groups in total. The Morgan fingerprint density at radius 1 is 1.33 bits per heavy atom. The quantitative estimate of drug-likeness (QED) is 0.864. The van der Waals surface area contributed by atoms with Crippen LogP contribution >= 0.6 is 11.6 Å². The second-order valence-electron chi connectivity index (χ2n) is 6.18. The number of hydrogen-bond donors (Lipinski definition) is 1. The first-order valence-corrected chi connectivity index (χ1v) is 10.2. The number of carbonyl (C=O) groups excluding carboxylic acids is 1. The van der Waals surface area contributed by atoms with Gasteiger partial charge in [0.05, 0.1) is 11.8 Å². The van der Waals surface area contributed by atoms with Crippen LogP contribution < -0.4 is 5.32 Å². The molecule has 0 aromatic heterocycles. The van der Waals surface area contributed by atoms with Gasteiger partial charge in [0, 0.05) is 44.2 Å². The van der Waals surface area contributed by atoms with E-state index < -0.39 is 10.0 Å². The number of amides is 1. The number of hydrogen-bond acceptors (Lipinski definition) is 4. The third kappa shape index (κ3) is 3.91. The van der Waals surface area contributed by atoms with Crippen molar-refractivity contribution in [2.75, 3.05) is 38.5 Å². The molecule has 0 spiro atoms. The molecule has 0 saturated carbocycles. The van der Waals surface area contributed by atoms with E-state index in [1.165, 1.54) is 4.31 Å². The molecule has 1 atom stereocenters. The average molecular weight is 372 g/mol. The molecule has 132 valence electrons. The fraction of sp³-hybridized carbons (Fsp3) is 0.562. The zero-order chi connectivity index (χ0) is 17.2. The van der Waals surface area contributed by atoms with E-state index in [0.29, 0.717) is 31.1 Å². The average Bonchev–Trinajstić information content (AvgIpc) is 2.91. The van der Waals surface area contributed by atoms with E-state index in [-0.39, 0.29) is 30.7 Å². The van der Waals surface area contributed by atoms with Crippen molar-refractivity contribution in [2.24, 2.45) is 0 Å². The highest BCUT2D eigenvalue weighted by molar-refractivity contribution is 7.89. The summed E-state index contributed by atoms with van der Waals surface area (Å²) in [6, 6.07) is 7.47. The van der Waals surface area contributed by atoms with Gasteiger partial charge in [-0.25, -0.2) is 12.7 Å². The number of sulfonamides is 1. The van der Waals surface area contributed by atoms with Gasteiger partial charge in [-0.3, -0.25) is 4.79 Å². The fourth-order valence-electron chi connectivity index (χ4n) is 3.32. The van der Waals surface area contributed by atoms with Crippen molar-refractivity contribution in [2.45, 2.75) is 18.9 Å². The van der Waals surface area contributed by atoms with Gasteiger partial charge in [0.25, 0.3) is 0 Å². The lowest BCUT2D eigenvalue weighted by Gasteiger charge is -2.37. The first-order valence-electron chi connectivity index (χ1n) is 8.21. The van der Waals surface area contributed by atoms with Crippen molar-refractivity contribution in [3.8, 4) is 0 Å². The van der Waals surface area contributed by atoms with E-state index in [1.807, 2.05) is 29.2 Å². The van der Waals surface area contributed by atoms with Crippen LogP contribution in [0.5, 0.6) is 0 Å². The summed E-state index contributed by atoms with van der Waals surface area (Å²) in [5, 5.41) is 3.95. The first-order chi connectivity index (χ1) is 11.5. The van der Waals surface area contributed by atoms with E-state index in [2.05, 4.69) is 5.32 Å². The highest BCUT2D eigenvalue weighted by Gasteiger charge is 2.31. The molecule has 1 aromatic carbocycles. The highest BCUT2D eigenvalue weighted by Crippen LogP contribution is 2.25. The van der Waals surface area contributed by atoms with Crippen molar-refractivity contribution in [3.63, 3.8) is 0 Å². The van der Waals surface area contributed by atoms with Gasteiger partial charge in [-0.05, 0) is 24.1 Å². The minimum Gasteiger partial charge on any atom is -0.333 e. The summed E-state index contributed by atoms with van der Waals surface area (Å²) in [5.41, 5.74) is 0.997. The second-order valence-corrected chi connectivity index (χ2v) is 8.71. The SMILES string of the molecule is O=C(CCN1CCCS1(=O)=O)N1CCNCC1c1cccc(Cl)c1. The van der Waals surface area contributed by atoms with Gasteiger partial charge in [0.1, 0.15) is 0 Å². The van der Waals surface area contributed by atoms with Gasteiger partial charge in [0.2, 0.25) is 15.9 Å². The highest BCUT2D eigenvalue weighted by atomic mass is 35.5.